The van der Waals surface area contributed by atoms with Crippen molar-refractivity contribution in [3.8, 4) is 5.82 Å². The average Bonchev–Trinajstić information content (AvgIpc) is 3.27. The first kappa shape index (κ1) is 19.0. The molecule has 0 amide bonds. The number of halogens is 3. The molecule has 0 saturated heterocycles. The van der Waals surface area contributed by atoms with Gasteiger partial charge in [0.1, 0.15) is 0 Å². The van der Waals surface area contributed by atoms with Gasteiger partial charge in [0, 0.05) is 39.5 Å². The number of nitrogens with one attached hydrogen (secondary N) is 2. The molecule has 6 nitrogen and oxygen atoms in total. The lowest BCUT2D eigenvalue weighted by atomic mass is 10.1. The molecule has 0 radical (unpaired) electrons. The van der Waals surface area contributed by atoms with E-state index in [2.05, 4.69) is 39.2 Å². The number of thiophene rings is 1. The van der Waals surface area contributed by atoms with Crippen LogP contribution < -0.4 is 10.6 Å². The molecule has 3 aromatic heterocycles. The van der Waals surface area contributed by atoms with Crippen molar-refractivity contribution in [3.05, 3.63) is 47.4 Å². The van der Waals surface area contributed by atoms with E-state index in [-0.39, 0.29) is 11.6 Å². The highest BCUT2D eigenvalue weighted by Gasteiger charge is 2.37. The summed E-state index contributed by atoms with van der Waals surface area (Å²) in [6.07, 6.45) is -3.41. The highest BCUT2D eigenvalue weighted by atomic mass is 32.1. The van der Waals surface area contributed by atoms with Crippen molar-refractivity contribution in [2.75, 3.05) is 11.9 Å². The summed E-state index contributed by atoms with van der Waals surface area (Å²) in [6, 6.07) is 7.76. The van der Waals surface area contributed by atoms with Crippen molar-refractivity contribution in [3.63, 3.8) is 0 Å². The highest BCUT2D eigenvalue weighted by molar-refractivity contribution is 7.20. The summed E-state index contributed by atoms with van der Waals surface area (Å²) < 4.78 is 41.3. The second-order valence-electron chi connectivity index (χ2n) is 7.15. The first-order chi connectivity index (χ1) is 14.3. The third-order valence-electron chi connectivity index (χ3n) is 5.06. The van der Waals surface area contributed by atoms with Crippen LogP contribution in [0.2, 0.25) is 0 Å². The van der Waals surface area contributed by atoms with Crippen molar-refractivity contribution in [1.29, 1.82) is 0 Å². The van der Waals surface area contributed by atoms with E-state index in [1.807, 2.05) is 18.2 Å². The number of hydrogen-bond acceptors (Lipinski definition) is 6. The van der Waals surface area contributed by atoms with Gasteiger partial charge >= 0.3 is 6.18 Å². The van der Waals surface area contributed by atoms with Crippen LogP contribution in [0.3, 0.4) is 0 Å². The van der Waals surface area contributed by atoms with Crippen molar-refractivity contribution < 1.29 is 13.2 Å². The summed E-state index contributed by atoms with van der Waals surface area (Å²) in [6.45, 7) is 7.27. The topological polar surface area (TPSA) is 67.7 Å². The molecule has 30 heavy (non-hydrogen) atoms. The Bertz CT molecular complexity index is 1290. The van der Waals surface area contributed by atoms with Crippen LogP contribution in [-0.4, -0.2) is 32.3 Å². The maximum atomic E-state index is 13.0. The molecular formula is C20H17F3N6S. The number of nitrogens with zero attached hydrogens (tertiary/aromatic N) is 4. The number of rotatable bonds is 2. The summed E-state index contributed by atoms with van der Waals surface area (Å²) >= 11 is 1.72. The number of pyridine rings is 1. The molecule has 2 N–H and O–H groups in total. The maximum absolute atomic E-state index is 13.0. The van der Waals surface area contributed by atoms with Gasteiger partial charge in [-0.05, 0) is 37.3 Å². The monoisotopic (exact) mass is 430 g/mol. The van der Waals surface area contributed by atoms with Gasteiger partial charge in [-0.3, -0.25) is 0 Å². The van der Waals surface area contributed by atoms with Crippen molar-refractivity contribution in [1.82, 2.24) is 25.1 Å². The largest absolute Gasteiger partial charge is 0.453 e. The van der Waals surface area contributed by atoms with Crippen molar-refractivity contribution in [2.45, 2.75) is 25.7 Å². The third kappa shape index (κ3) is 3.03. The third-order valence-corrected chi connectivity index (χ3v) is 6.22. The molecule has 0 spiro atoms. The van der Waals surface area contributed by atoms with Crippen molar-refractivity contribution >= 4 is 44.1 Å². The fourth-order valence-electron chi connectivity index (χ4n) is 3.61. The average molecular weight is 430 g/mol. The molecule has 1 aromatic carbocycles. The van der Waals surface area contributed by atoms with Crippen LogP contribution in [0.1, 0.15) is 23.4 Å². The molecular weight excluding hydrogens is 413 g/mol. The Morgan fingerprint density at radius 1 is 1.23 bits per heavy atom. The van der Waals surface area contributed by atoms with Crippen LogP contribution in [0.15, 0.2) is 30.8 Å². The van der Waals surface area contributed by atoms with Gasteiger partial charge in [0.25, 0.3) is 5.82 Å². The van der Waals surface area contributed by atoms with E-state index in [9.17, 15) is 13.2 Å². The van der Waals surface area contributed by atoms with Gasteiger partial charge in [0.2, 0.25) is 0 Å². The molecule has 0 fully saturated rings. The summed E-state index contributed by atoms with van der Waals surface area (Å²) in [5.74, 6) is -0.977. The second kappa shape index (κ2) is 6.78. The Morgan fingerprint density at radius 2 is 2.07 bits per heavy atom. The molecule has 0 bridgehead atoms. The van der Waals surface area contributed by atoms with Crippen LogP contribution in [0, 0.1) is 0 Å². The van der Waals surface area contributed by atoms with E-state index >= 15 is 0 Å². The Hall–Kier alpha value is -2.98. The van der Waals surface area contributed by atoms with E-state index in [0.29, 0.717) is 11.6 Å². The van der Waals surface area contributed by atoms with E-state index in [0.717, 1.165) is 38.9 Å². The molecule has 1 atom stereocenters. The Kier molecular flexibility index (Phi) is 4.30. The minimum absolute atomic E-state index is 0.0126. The summed E-state index contributed by atoms with van der Waals surface area (Å²) in [5, 5.41) is 12.6. The number of benzene rings is 1. The lowest BCUT2D eigenvalue weighted by molar-refractivity contribution is -0.144. The van der Waals surface area contributed by atoms with Crippen LogP contribution >= 0.6 is 11.3 Å². The summed E-state index contributed by atoms with van der Waals surface area (Å²) in [4.78, 5) is 9.33. The quantitative estimate of drug-likeness (QED) is 0.487. The first-order valence-corrected chi connectivity index (χ1v) is 10.2. The molecule has 1 aliphatic rings. The smallest absolute Gasteiger partial charge is 0.382 e. The van der Waals surface area contributed by atoms with Gasteiger partial charge in [0.15, 0.2) is 11.6 Å². The summed E-state index contributed by atoms with van der Waals surface area (Å²) in [7, 11) is 0. The molecule has 0 aliphatic carbocycles. The van der Waals surface area contributed by atoms with Gasteiger partial charge in [-0.2, -0.15) is 17.9 Å². The molecule has 10 heteroatoms. The Morgan fingerprint density at radius 3 is 2.83 bits per heavy atom. The molecule has 4 heterocycles. The zero-order valence-corrected chi connectivity index (χ0v) is 16.7. The van der Waals surface area contributed by atoms with Crippen molar-refractivity contribution in [2.24, 2.45) is 0 Å². The minimum Gasteiger partial charge on any atom is -0.382 e. The second-order valence-corrected chi connectivity index (χ2v) is 8.28. The molecule has 0 saturated carbocycles. The number of aromatic nitrogens is 4. The van der Waals surface area contributed by atoms with Gasteiger partial charge in [-0.15, -0.1) is 16.4 Å². The number of alkyl halides is 3. The Balaban J connectivity index is 1.67. The fourth-order valence-corrected chi connectivity index (χ4v) is 4.76. The number of anilines is 1. The zero-order valence-electron chi connectivity index (χ0n) is 15.9. The van der Waals surface area contributed by atoms with Gasteiger partial charge in [0.05, 0.1) is 11.2 Å². The maximum Gasteiger partial charge on any atom is 0.453 e. The normalized spacial score (nSPS) is 17.0. The predicted octanol–water partition coefficient (Wildman–Crippen LogP) is 4.60. The van der Waals surface area contributed by atoms with E-state index in [1.165, 1.54) is 11.0 Å². The molecule has 4 aromatic rings. The Labute approximate surface area is 173 Å². The van der Waals surface area contributed by atoms with E-state index < -0.39 is 12.0 Å². The molecule has 1 aliphatic heterocycles. The van der Waals surface area contributed by atoms with Crippen LogP contribution in [0.4, 0.5) is 18.9 Å². The fraction of sp³-hybridized carbons (Fsp3) is 0.250. The van der Waals surface area contributed by atoms with Crippen LogP contribution in [0.5, 0.6) is 0 Å². The standard InChI is InChI=1S/C20H17F3N6S/c1-3-15-27-19(20(21,22)23)28-29(15)16-7-4-11-12(26-16)5-6-13-17(11)18-14(30-13)9-24-10(2)8-25-18/h3-7,10,24-25H,1,8-9H2,2H3/t10-/m1/s1. The molecule has 154 valence electrons. The number of hydrogen-bond donors (Lipinski definition) is 2. The molecule has 0 unspecified atom stereocenters. The van der Waals surface area contributed by atoms with Gasteiger partial charge in [-0.25, -0.2) is 9.97 Å². The minimum atomic E-state index is -4.64. The van der Waals surface area contributed by atoms with E-state index in [4.69, 9.17) is 0 Å². The van der Waals surface area contributed by atoms with Crippen LogP contribution in [-0.2, 0) is 12.7 Å². The van der Waals surface area contributed by atoms with Crippen LogP contribution in [0.25, 0.3) is 32.9 Å². The van der Waals surface area contributed by atoms with E-state index in [1.54, 1.807) is 17.4 Å². The predicted molar refractivity (Wildman–Crippen MR) is 112 cm³/mol. The van der Waals surface area contributed by atoms with Gasteiger partial charge < -0.3 is 10.6 Å². The zero-order chi connectivity index (χ0) is 21.0. The van der Waals surface area contributed by atoms with Gasteiger partial charge in [-0.1, -0.05) is 6.58 Å². The SMILES string of the molecule is C=Cc1nc(C(F)(F)F)nn1-c1ccc2c(ccc3sc4c(c32)NC[C@@H](C)NC4)n1. The first-order valence-electron chi connectivity index (χ1n) is 9.34. The lowest BCUT2D eigenvalue weighted by Crippen LogP contribution is -2.29. The molecule has 5 rings (SSSR count). The number of fused-ring (bicyclic) bond motifs is 5. The lowest BCUT2D eigenvalue weighted by Gasteiger charge is -2.10. The summed E-state index contributed by atoms with van der Waals surface area (Å²) in [5.41, 5.74) is 1.77. The highest BCUT2D eigenvalue weighted by Crippen LogP contribution is 2.41.